The van der Waals surface area contributed by atoms with Gasteiger partial charge in [-0.05, 0) is 19.9 Å². The molecule has 1 heterocycles. The lowest BCUT2D eigenvalue weighted by molar-refractivity contribution is 0.169. The van der Waals surface area contributed by atoms with Crippen molar-refractivity contribution in [1.29, 1.82) is 0 Å². The number of ether oxygens (including phenoxy) is 1. The minimum Gasteiger partial charge on any atom is -0.383 e. The molecule has 0 bridgehead atoms. The van der Waals surface area contributed by atoms with Gasteiger partial charge in [-0.3, -0.25) is 4.90 Å². The molecule has 0 atom stereocenters. The van der Waals surface area contributed by atoms with Gasteiger partial charge in [0.1, 0.15) is 5.82 Å². The van der Waals surface area contributed by atoms with Gasteiger partial charge < -0.3 is 9.30 Å². The molecule has 0 saturated heterocycles. The molecule has 0 amide bonds. The van der Waals surface area contributed by atoms with Crippen molar-refractivity contribution in [3.63, 3.8) is 0 Å². The standard InChI is InChI=1S/C14H25N3O/c1-16(13-6-4-3-5-7-13)12-14-15-8-9-17(14)10-11-18-2/h8-9,13H,3-7,10-12H2,1-2H3. The number of imidazole rings is 1. The summed E-state index contributed by atoms with van der Waals surface area (Å²) in [6.07, 6.45) is 10.8. The van der Waals surface area contributed by atoms with Crippen LogP contribution in [-0.4, -0.2) is 41.3 Å². The lowest BCUT2D eigenvalue weighted by Gasteiger charge is -2.31. The van der Waals surface area contributed by atoms with E-state index in [0.717, 1.165) is 31.6 Å². The van der Waals surface area contributed by atoms with Crippen LogP contribution in [0.25, 0.3) is 0 Å². The molecule has 1 aromatic heterocycles. The Kier molecular flexibility index (Phi) is 5.20. The second-order valence-electron chi connectivity index (χ2n) is 5.24. The first kappa shape index (κ1) is 13.6. The van der Waals surface area contributed by atoms with Crippen LogP contribution < -0.4 is 0 Å². The van der Waals surface area contributed by atoms with Crippen LogP contribution in [0.1, 0.15) is 37.9 Å². The van der Waals surface area contributed by atoms with Crippen LogP contribution in [0.4, 0.5) is 0 Å². The summed E-state index contributed by atoms with van der Waals surface area (Å²) in [5, 5.41) is 0. The van der Waals surface area contributed by atoms with E-state index in [1.807, 2.05) is 12.4 Å². The van der Waals surface area contributed by atoms with Gasteiger partial charge in [-0.2, -0.15) is 0 Å². The molecule has 1 aliphatic rings. The quantitative estimate of drug-likeness (QED) is 0.777. The summed E-state index contributed by atoms with van der Waals surface area (Å²) < 4.78 is 7.33. The highest BCUT2D eigenvalue weighted by Crippen LogP contribution is 2.22. The fourth-order valence-electron chi connectivity index (χ4n) is 2.76. The van der Waals surface area contributed by atoms with Crippen LogP contribution in [0.3, 0.4) is 0 Å². The van der Waals surface area contributed by atoms with Crippen molar-refractivity contribution in [1.82, 2.24) is 14.5 Å². The highest BCUT2D eigenvalue weighted by Gasteiger charge is 2.19. The zero-order valence-corrected chi connectivity index (χ0v) is 11.6. The smallest absolute Gasteiger partial charge is 0.122 e. The molecule has 0 aliphatic heterocycles. The van der Waals surface area contributed by atoms with E-state index in [2.05, 4.69) is 21.5 Å². The van der Waals surface area contributed by atoms with E-state index in [1.54, 1.807) is 7.11 Å². The van der Waals surface area contributed by atoms with Crippen molar-refractivity contribution in [3.05, 3.63) is 18.2 Å². The number of hydrogen-bond donors (Lipinski definition) is 0. The highest BCUT2D eigenvalue weighted by molar-refractivity contribution is 4.93. The minimum absolute atomic E-state index is 0.742. The van der Waals surface area contributed by atoms with Crippen LogP contribution in [0, 0.1) is 0 Å². The van der Waals surface area contributed by atoms with Crippen LogP contribution in [0.2, 0.25) is 0 Å². The molecular weight excluding hydrogens is 226 g/mol. The summed E-state index contributed by atoms with van der Waals surface area (Å²) >= 11 is 0. The molecule has 18 heavy (non-hydrogen) atoms. The van der Waals surface area contributed by atoms with E-state index in [-0.39, 0.29) is 0 Å². The number of methoxy groups -OCH3 is 1. The van der Waals surface area contributed by atoms with E-state index in [0.29, 0.717) is 0 Å². The van der Waals surface area contributed by atoms with Crippen LogP contribution in [0.5, 0.6) is 0 Å². The summed E-state index contributed by atoms with van der Waals surface area (Å²) in [5.41, 5.74) is 0. The molecular formula is C14H25N3O. The second kappa shape index (κ2) is 6.90. The lowest BCUT2D eigenvalue weighted by atomic mass is 9.94. The SMILES string of the molecule is COCCn1ccnc1CN(C)C1CCCCC1. The van der Waals surface area contributed by atoms with Crippen molar-refractivity contribution in [2.75, 3.05) is 20.8 Å². The van der Waals surface area contributed by atoms with Gasteiger partial charge in [0, 0.05) is 32.1 Å². The van der Waals surface area contributed by atoms with Crippen molar-refractivity contribution in [3.8, 4) is 0 Å². The highest BCUT2D eigenvalue weighted by atomic mass is 16.5. The van der Waals surface area contributed by atoms with E-state index in [9.17, 15) is 0 Å². The molecule has 4 heteroatoms. The molecule has 0 radical (unpaired) electrons. The number of aromatic nitrogens is 2. The minimum atomic E-state index is 0.742. The Hall–Kier alpha value is -0.870. The predicted octanol–water partition coefficient (Wildman–Crippen LogP) is 2.29. The third kappa shape index (κ3) is 3.56. The summed E-state index contributed by atoms with van der Waals surface area (Å²) in [6, 6.07) is 0.742. The first-order chi connectivity index (χ1) is 8.81. The maximum Gasteiger partial charge on any atom is 0.122 e. The topological polar surface area (TPSA) is 30.3 Å². The Morgan fingerprint density at radius 1 is 1.39 bits per heavy atom. The largest absolute Gasteiger partial charge is 0.383 e. The lowest BCUT2D eigenvalue weighted by Crippen LogP contribution is -2.33. The van der Waals surface area contributed by atoms with Gasteiger partial charge in [-0.15, -0.1) is 0 Å². The van der Waals surface area contributed by atoms with Gasteiger partial charge in [-0.1, -0.05) is 19.3 Å². The zero-order valence-electron chi connectivity index (χ0n) is 11.6. The Morgan fingerprint density at radius 3 is 2.89 bits per heavy atom. The summed E-state index contributed by atoms with van der Waals surface area (Å²) in [6.45, 7) is 2.59. The third-order valence-electron chi connectivity index (χ3n) is 3.93. The average Bonchev–Trinajstić information content (AvgIpc) is 2.84. The normalized spacial score (nSPS) is 17.5. The Labute approximate surface area is 110 Å². The molecule has 0 unspecified atom stereocenters. The van der Waals surface area contributed by atoms with Crippen molar-refractivity contribution < 1.29 is 4.74 Å². The van der Waals surface area contributed by atoms with Gasteiger partial charge >= 0.3 is 0 Å². The van der Waals surface area contributed by atoms with Crippen LogP contribution in [-0.2, 0) is 17.8 Å². The van der Waals surface area contributed by atoms with Crippen molar-refractivity contribution in [2.24, 2.45) is 0 Å². The summed E-state index contributed by atoms with van der Waals surface area (Å²) in [4.78, 5) is 6.93. The fraction of sp³-hybridized carbons (Fsp3) is 0.786. The van der Waals surface area contributed by atoms with Gasteiger partial charge in [0.05, 0.1) is 13.2 Å². The predicted molar refractivity (Wildman–Crippen MR) is 72.4 cm³/mol. The van der Waals surface area contributed by atoms with E-state index < -0.39 is 0 Å². The van der Waals surface area contributed by atoms with E-state index in [1.165, 1.54) is 32.1 Å². The van der Waals surface area contributed by atoms with Gasteiger partial charge in [0.25, 0.3) is 0 Å². The molecule has 2 rings (SSSR count). The monoisotopic (exact) mass is 251 g/mol. The molecule has 0 spiro atoms. The Bertz CT molecular complexity index is 345. The molecule has 0 N–H and O–H groups in total. The molecule has 4 nitrogen and oxygen atoms in total. The Morgan fingerprint density at radius 2 is 2.17 bits per heavy atom. The van der Waals surface area contributed by atoms with Crippen molar-refractivity contribution >= 4 is 0 Å². The zero-order chi connectivity index (χ0) is 12.8. The number of hydrogen-bond acceptors (Lipinski definition) is 3. The average molecular weight is 251 g/mol. The third-order valence-corrected chi connectivity index (χ3v) is 3.93. The fourth-order valence-corrected chi connectivity index (χ4v) is 2.76. The first-order valence-electron chi connectivity index (χ1n) is 7.00. The van der Waals surface area contributed by atoms with Gasteiger partial charge in [0.2, 0.25) is 0 Å². The van der Waals surface area contributed by atoms with Crippen molar-refractivity contribution in [2.45, 2.75) is 51.2 Å². The van der Waals surface area contributed by atoms with Crippen LogP contribution in [0.15, 0.2) is 12.4 Å². The summed E-state index contributed by atoms with van der Waals surface area (Å²) in [5.74, 6) is 1.15. The molecule has 0 aromatic carbocycles. The number of nitrogens with zero attached hydrogens (tertiary/aromatic N) is 3. The number of rotatable bonds is 6. The van der Waals surface area contributed by atoms with E-state index >= 15 is 0 Å². The van der Waals surface area contributed by atoms with Crippen LogP contribution >= 0.6 is 0 Å². The summed E-state index contributed by atoms with van der Waals surface area (Å²) in [7, 11) is 3.97. The van der Waals surface area contributed by atoms with E-state index in [4.69, 9.17) is 4.74 Å². The maximum atomic E-state index is 5.13. The molecule has 1 saturated carbocycles. The second-order valence-corrected chi connectivity index (χ2v) is 5.24. The molecule has 1 fully saturated rings. The molecule has 102 valence electrons. The van der Waals surface area contributed by atoms with Gasteiger partial charge in [-0.25, -0.2) is 4.98 Å². The van der Waals surface area contributed by atoms with Gasteiger partial charge in [0.15, 0.2) is 0 Å². The Balaban J connectivity index is 1.89. The first-order valence-corrected chi connectivity index (χ1v) is 7.00. The maximum absolute atomic E-state index is 5.13. The molecule has 1 aromatic rings. The molecule has 1 aliphatic carbocycles.